The Hall–Kier alpha value is -1.02. The Morgan fingerprint density at radius 1 is 0.852 bits per heavy atom. The Labute approximate surface area is 161 Å². The molecule has 156 valence electrons. The molecule has 0 radical (unpaired) electrons. The van der Waals surface area contributed by atoms with Crippen molar-refractivity contribution in [2.75, 3.05) is 6.61 Å². The minimum absolute atomic E-state index is 0.196. The number of rotatable bonds is 0. The maximum Gasteiger partial charge on any atom is 0.311 e. The Morgan fingerprint density at radius 3 is 1.89 bits per heavy atom. The van der Waals surface area contributed by atoms with E-state index in [9.17, 15) is 24.9 Å². The third kappa shape index (κ3) is 4.36. The molecule has 10 atom stereocenters. The molecular weight excluding hydrogens is 352 g/mol. The Morgan fingerprint density at radius 2 is 1.37 bits per heavy atom. The van der Waals surface area contributed by atoms with Crippen LogP contribution in [0.3, 0.4) is 0 Å². The van der Waals surface area contributed by atoms with Crippen LogP contribution in [-0.2, 0) is 19.1 Å². The highest BCUT2D eigenvalue weighted by Gasteiger charge is 2.56. The number of carbonyl (C=O) groups excluding carboxylic acids is 2. The summed E-state index contributed by atoms with van der Waals surface area (Å²) in [6.07, 6.45) is -3.32. The molecule has 2 aliphatic rings. The zero-order valence-corrected chi connectivity index (χ0v) is 17.1. The predicted molar refractivity (Wildman–Crippen MR) is 97.7 cm³/mol. The first kappa shape index (κ1) is 22.3. The fourth-order valence-electron chi connectivity index (χ4n) is 4.10. The van der Waals surface area contributed by atoms with E-state index in [4.69, 9.17) is 9.47 Å². The van der Waals surface area contributed by atoms with Crippen molar-refractivity contribution < 1.29 is 34.4 Å². The molecule has 2 heterocycles. The van der Waals surface area contributed by atoms with Gasteiger partial charge in [0.25, 0.3) is 0 Å². The molecule has 2 aliphatic heterocycles. The van der Waals surface area contributed by atoms with Crippen molar-refractivity contribution in [3.63, 3.8) is 0 Å². The molecule has 7 heteroatoms. The lowest BCUT2D eigenvalue weighted by Gasteiger charge is -2.35. The predicted octanol–water partition coefficient (Wildman–Crippen LogP) is 0.923. The molecule has 0 aromatic heterocycles. The minimum atomic E-state index is -1.09. The summed E-state index contributed by atoms with van der Waals surface area (Å²) < 4.78 is 10.9. The van der Waals surface area contributed by atoms with Crippen LogP contribution in [-0.4, -0.2) is 63.7 Å². The quantitative estimate of drug-likeness (QED) is 0.419. The van der Waals surface area contributed by atoms with E-state index in [0.717, 1.165) is 0 Å². The van der Waals surface area contributed by atoms with Gasteiger partial charge in [0, 0.05) is 17.8 Å². The fraction of sp³-hybridized carbons (Fsp3) is 0.900. The lowest BCUT2D eigenvalue weighted by atomic mass is 9.76. The molecule has 0 bridgehead atoms. The standard InChI is InChI=1S/C20H34O7/c1-9-7-20(8-26-20)18(24)12(4)16(22)10(2)14(6)27-19(25)13(5)17(23)11(3)15(9)21/h9-17,21-23H,7-8H2,1-6H3/t9-,10+,11-,12+,13-,14+,15+,16+,17+,20-/m1/s1. The third-order valence-corrected chi connectivity index (χ3v) is 6.65. The summed E-state index contributed by atoms with van der Waals surface area (Å²) >= 11 is 0. The highest BCUT2D eigenvalue weighted by molar-refractivity contribution is 5.92. The first-order valence-corrected chi connectivity index (χ1v) is 9.86. The molecule has 3 N–H and O–H groups in total. The number of epoxide rings is 1. The smallest absolute Gasteiger partial charge is 0.311 e. The number of ketones is 1. The second-order valence-corrected chi connectivity index (χ2v) is 8.74. The zero-order valence-electron chi connectivity index (χ0n) is 17.1. The number of hydrogen-bond donors (Lipinski definition) is 3. The Kier molecular flexibility index (Phi) is 6.72. The van der Waals surface area contributed by atoms with E-state index in [1.165, 1.54) is 0 Å². The first-order valence-electron chi connectivity index (χ1n) is 9.86. The lowest BCUT2D eigenvalue weighted by molar-refractivity contribution is -0.165. The van der Waals surface area contributed by atoms with Crippen molar-refractivity contribution in [3.8, 4) is 0 Å². The second-order valence-electron chi connectivity index (χ2n) is 8.74. The van der Waals surface area contributed by atoms with Crippen LogP contribution in [0.25, 0.3) is 0 Å². The summed E-state index contributed by atoms with van der Waals surface area (Å²) in [4.78, 5) is 25.4. The van der Waals surface area contributed by atoms with E-state index >= 15 is 0 Å². The van der Waals surface area contributed by atoms with Crippen molar-refractivity contribution in [1.29, 1.82) is 0 Å². The van der Waals surface area contributed by atoms with Crippen molar-refractivity contribution in [2.24, 2.45) is 29.6 Å². The molecular formula is C20H34O7. The normalized spacial score (nSPS) is 50.2. The number of hydrogen-bond acceptors (Lipinski definition) is 7. The molecule has 0 unspecified atom stereocenters. The number of Topliss-reactive ketones (excluding diaryl/α,β-unsaturated/α-hetero) is 1. The molecule has 0 aromatic carbocycles. The summed E-state index contributed by atoms with van der Waals surface area (Å²) in [6.45, 7) is 10.4. The van der Waals surface area contributed by atoms with E-state index in [0.29, 0.717) is 6.42 Å². The molecule has 0 saturated carbocycles. The molecule has 27 heavy (non-hydrogen) atoms. The molecule has 2 rings (SSSR count). The SMILES string of the molecule is C[C@@H]1[C@@H](O)[C@H](C)C[C@@]2(CO2)C(=O)[C@@H](C)[C@@H](O)[C@@H](C)[C@H](C)OC(=O)[C@H](C)[C@H]1O. The van der Waals surface area contributed by atoms with Gasteiger partial charge in [-0.05, 0) is 26.2 Å². The van der Waals surface area contributed by atoms with Gasteiger partial charge >= 0.3 is 5.97 Å². The fourth-order valence-corrected chi connectivity index (χ4v) is 4.10. The average Bonchev–Trinajstić information content (AvgIpc) is 3.42. The highest BCUT2D eigenvalue weighted by atomic mass is 16.6. The molecule has 0 aromatic rings. The van der Waals surface area contributed by atoms with Crippen LogP contribution in [0.4, 0.5) is 0 Å². The Balaban J connectivity index is 2.34. The third-order valence-electron chi connectivity index (χ3n) is 6.65. The van der Waals surface area contributed by atoms with Gasteiger partial charge in [0.2, 0.25) is 0 Å². The number of esters is 1. The summed E-state index contributed by atoms with van der Waals surface area (Å²) in [5, 5.41) is 31.9. The van der Waals surface area contributed by atoms with Crippen molar-refractivity contribution >= 4 is 11.8 Å². The molecule has 2 fully saturated rings. The van der Waals surface area contributed by atoms with Crippen LogP contribution in [0.1, 0.15) is 48.0 Å². The van der Waals surface area contributed by atoms with Gasteiger partial charge in [-0.25, -0.2) is 0 Å². The number of aliphatic hydroxyl groups is 3. The van der Waals surface area contributed by atoms with Crippen LogP contribution in [0.5, 0.6) is 0 Å². The molecule has 1 spiro atoms. The molecule has 0 aliphatic carbocycles. The Bertz CT molecular complexity index is 559. The molecule has 7 nitrogen and oxygen atoms in total. The van der Waals surface area contributed by atoms with Gasteiger partial charge in [0.15, 0.2) is 11.4 Å². The van der Waals surface area contributed by atoms with Crippen LogP contribution in [0.2, 0.25) is 0 Å². The van der Waals surface area contributed by atoms with Crippen LogP contribution in [0.15, 0.2) is 0 Å². The highest BCUT2D eigenvalue weighted by Crippen LogP contribution is 2.41. The summed E-state index contributed by atoms with van der Waals surface area (Å²) in [5.74, 6) is -3.65. The van der Waals surface area contributed by atoms with Gasteiger partial charge in [-0.3, -0.25) is 9.59 Å². The van der Waals surface area contributed by atoms with Gasteiger partial charge < -0.3 is 24.8 Å². The summed E-state index contributed by atoms with van der Waals surface area (Å²) in [7, 11) is 0. The van der Waals surface area contributed by atoms with E-state index < -0.39 is 59.7 Å². The minimum Gasteiger partial charge on any atom is -0.462 e. The number of carbonyl (C=O) groups is 2. The van der Waals surface area contributed by atoms with Crippen LogP contribution in [0, 0.1) is 29.6 Å². The van der Waals surface area contributed by atoms with Crippen LogP contribution >= 0.6 is 0 Å². The first-order chi connectivity index (χ1) is 12.4. The van der Waals surface area contributed by atoms with E-state index in [-0.39, 0.29) is 18.3 Å². The number of aliphatic hydroxyl groups excluding tert-OH is 3. The van der Waals surface area contributed by atoms with E-state index in [2.05, 4.69) is 0 Å². The van der Waals surface area contributed by atoms with Gasteiger partial charge in [-0.15, -0.1) is 0 Å². The summed E-state index contributed by atoms with van der Waals surface area (Å²) in [5.41, 5.74) is -0.985. The summed E-state index contributed by atoms with van der Waals surface area (Å²) in [6, 6.07) is 0. The van der Waals surface area contributed by atoms with E-state index in [1.54, 1.807) is 41.5 Å². The zero-order chi connectivity index (χ0) is 20.7. The number of ether oxygens (including phenoxy) is 2. The second kappa shape index (κ2) is 8.15. The van der Waals surface area contributed by atoms with Gasteiger partial charge in [0.05, 0.1) is 30.8 Å². The maximum absolute atomic E-state index is 13.0. The van der Waals surface area contributed by atoms with Crippen molar-refractivity contribution in [2.45, 2.75) is 78.0 Å². The topological polar surface area (TPSA) is 117 Å². The molecule has 2 saturated heterocycles. The number of cyclic esters (lactones) is 1. The van der Waals surface area contributed by atoms with Crippen molar-refractivity contribution in [1.82, 2.24) is 0 Å². The van der Waals surface area contributed by atoms with Gasteiger partial charge in [0.1, 0.15) is 6.10 Å². The largest absolute Gasteiger partial charge is 0.462 e. The average molecular weight is 386 g/mol. The van der Waals surface area contributed by atoms with Gasteiger partial charge in [-0.2, -0.15) is 0 Å². The van der Waals surface area contributed by atoms with E-state index in [1.807, 2.05) is 0 Å². The maximum atomic E-state index is 13.0. The van der Waals surface area contributed by atoms with Gasteiger partial charge in [-0.1, -0.05) is 27.7 Å². The lowest BCUT2D eigenvalue weighted by Crippen LogP contribution is -2.47. The van der Waals surface area contributed by atoms with Crippen molar-refractivity contribution in [3.05, 3.63) is 0 Å². The molecule has 0 amide bonds. The van der Waals surface area contributed by atoms with Crippen LogP contribution < -0.4 is 0 Å². The monoisotopic (exact) mass is 386 g/mol.